The summed E-state index contributed by atoms with van der Waals surface area (Å²) in [6.07, 6.45) is 2.98. The van der Waals surface area contributed by atoms with Crippen molar-refractivity contribution in [2.45, 2.75) is 52.0 Å². The minimum atomic E-state index is -0.892. The summed E-state index contributed by atoms with van der Waals surface area (Å²) in [6.45, 7) is 8.58. The Kier molecular flexibility index (Phi) is 5.90. The highest BCUT2D eigenvalue weighted by molar-refractivity contribution is 6.09. The van der Waals surface area contributed by atoms with Crippen LogP contribution in [0.15, 0.2) is 24.3 Å². The first-order valence-corrected chi connectivity index (χ1v) is 11.5. The lowest BCUT2D eigenvalue weighted by atomic mass is 9.64. The van der Waals surface area contributed by atoms with Crippen LogP contribution >= 0.6 is 0 Å². The Bertz CT molecular complexity index is 903. The van der Waals surface area contributed by atoms with Gasteiger partial charge in [0.2, 0.25) is 5.91 Å². The zero-order valence-corrected chi connectivity index (χ0v) is 19.2. The molecule has 7 nitrogen and oxygen atoms in total. The van der Waals surface area contributed by atoms with Crippen LogP contribution in [0.25, 0.3) is 0 Å². The molecule has 8 heteroatoms. The topological polar surface area (TPSA) is 73.0 Å². The Morgan fingerprint density at radius 1 is 1.09 bits per heavy atom. The number of halogens is 1. The molecule has 2 unspecified atom stereocenters. The van der Waals surface area contributed by atoms with E-state index in [0.29, 0.717) is 38.4 Å². The average molecular weight is 445 g/mol. The fraction of sp³-hybridized carbons (Fsp3) is 0.625. The van der Waals surface area contributed by atoms with Gasteiger partial charge in [0.15, 0.2) is 0 Å². The predicted molar refractivity (Wildman–Crippen MR) is 120 cm³/mol. The second-order valence-corrected chi connectivity index (χ2v) is 10.5. The highest BCUT2D eigenvalue weighted by atomic mass is 19.1. The van der Waals surface area contributed by atoms with Crippen molar-refractivity contribution in [1.82, 2.24) is 15.1 Å². The second-order valence-electron chi connectivity index (χ2n) is 10.5. The van der Waals surface area contributed by atoms with Crippen LogP contribution < -0.4 is 10.2 Å². The molecule has 1 saturated carbocycles. The number of carbonyl (C=O) groups excluding carboxylic acids is 3. The van der Waals surface area contributed by atoms with Crippen LogP contribution in [0.4, 0.5) is 14.9 Å². The van der Waals surface area contributed by atoms with Gasteiger partial charge >= 0.3 is 6.03 Å². The van der Waals surface area contributed by atoms with Crippen LogP contribution in [0.1, 0.15) is 46.5 Å². The molecule has 1 aliphatic carbocycles. The van der Waals surface area contributed by atoms with E-state index in [1.807, 2.05) is 0 Å². The zero-order chi connectivity index (χ0) is 23.1. The number of imide groups is 1. The number of amides is 4. The van der Waals surface area contributed by atoms with Gasteiger partial charge in [-0.05, 0) is 61.3 Å². The minimum Gasteiger partial charge on any atom is -0.370 e. The molecule has 1 aromatic carbocycles. The summed E-state index contributed by atoms with van der Waals surface area (Å²) >= 11 is 0. The number of urea groups is 1. The first-order chi connectivity index (χ1) is 15.1. The van der Waals surface area contributed by atoms with Gasteiger partial charge in [0.1, 0.15) is 17.9 Å². The van der Waals surface area contributed by atoms with Gasteiger partial charge in [0.25, 0.3) is 5.91 Å². The number of benzene rings is 1. The van der Waals surface area contributed by atoms with E-state index in [0.717, 1.165) is 30.0 Å². The number of rotatable bonds is 3. The van der Waals surface area contributed by atoms with Crippen molar-refractivity contribution in [2.75, 3.05) is 37.6 Å². The molecule has 32 heavy (non-hydrogen) atoms. The summed E-state index contributed by atoms with van der Waals surface area (Å²) in [6, 6.07) is 5.89. The first kappa shape index (κ1) is 22.6. The smallest absolute Gasteiger partial charge is 0.325 e. The van der Waals surface area contributed by atoms with Crippen LogP contribution in [0.5, 0.6) is 0 Å². The van der Waals surface area contributed by atoms with Crippen molar-refractivity contribution in [2.24, 2.45) is 11.3 Å². The second kappa shape index (κ2) is 8.37. The third-order valence-electron chi connectivity index (χ3n) is 6.96. The van der Waals surface area contributed by atoms with Crippen molar-refractivity contribution in [3.63, 3.8) is 0 Å². The molecule has 0 radical (unpaired) electrons. The molecule has 0 aromatic heterocycles. The number of hydrogen-bond acceptors (Lipinski definition) is 4. The van der Waals surface area contributed by atoms with Crippen molar-refractivity contribution in [1.29, 1.82) is 0 Å². The Morgan fingerprint density at radius 3 is 2.50 bits per heavy atom. The quantitative estimate of drug-likeness (QED) is 0.728. The molecule has 3 aliphatic rings. The standard InChI is InChI=1S/C24H33FN4O3/c1-17-13-23(2,3)16-24(14-17)21(31)29(22(32)26-24)15-20(30)28-10-4-9-27(11-12-28)19-7-5-18(25)6-8-19/h5-8,17H,4,9-16H2,1-3H3,(H,26,32). The molecule has 3 fully saturated rings. The van der Waals surface area contributed by atoms with Gasteiger partial charge in [-0.25, -0.2) is 9.18 Å². The summed E-state index contributed by atoms with van der Waals surface area (Å²) in [5, 5.41) is 2.94. The zero-order valence-electron chi connectivity index (χ0n) is 19.2. The van der Waals surface area contributed by atoms with E-state index in [1.54, 1.807) is 17.0 Å². The van der Waals surface area contributed by atoms with E-state index in [2.05, 4.69) is 31.0 Å². The fourth-order valence-electron chi connectivity index (χ4n) is 5.96. The maximum atomic E-state index is 13.3. The summed E-state index contributed by atoms with van der Waals surface area (Å²) in [4.78, 5) is 44.0. The summed E-state index contributed by atoms with van der Waals surface area (Å²) in [7, 11) is 0. The van der Waals surface area contributed by atoms with Crippen molar-refractivity contribution >= 4 is 23.5 Å². The Labute approximate surface area is 188 Å². The predicted octanol–water partition coefficient (Wildman–Crippen LogP) is 3.00. The lowest BCUT2D eigenvalue weighted by Crippen LogP contribution is -2.54. The summed E-state index contributed by atoms with van der Waals surface area (Å²) in [5.41, 5.74) is -0.0166. The largest absolute Gasteiger partial charge is 0.370 e. The van der Waals surface area contributed by atoms with E-state index in [9.17, 15) is 18.8 Å². The van der Waals surface area contributed by atoms with Gasteiger partial charge in [-0.15, -0.1) is 0 Å². The van der Waals surface area contributed by atoms with Crippen LogP contribution in [-0.2, 0) is 9.59 Å². The maximum absolute atomic E-state index is 13.3. The maximum Gasteiger partial charge on any atom is 0.325 e. The fourth-order valence-corrected chi connectivity index (χ4v) is 5.96. The molecule has 4 rings (SSSR count). The summed E-state index contributed by atoms with van der Waals surface area (Å²) < 4.78 is 13.2. The lowest BCUT2D eigenvalue weighted by molar-refractivity contribution is -0.140. The first-order valence-electron chi connectivity index (χ1n) is 11.5. The molecule has 174 valence electrons. The number of nitrogens with zero attached hydrogens (tertiary/aromatic N) is 3. The number of nitrogens with one attached hydrogen (secondary N) is 1. The molecule has 0 bridgehead atoms. The molecule has 2 atom stereocenters. The van der Waals surface area contributed by atoms with E-state index in [1.165, 1.54) is 12.1 Å². The number of hydrogen-bond donors (Lipinski definition) is 1. The van der Waals surface area contributed by atoms with Crippen LogP contribution in [0.2, 0.25) is 0 Å². The van der Waals surface area contributed by atoms with Crippen LogP contribution in [0, 0.1) is 17.2 Å². The summed E-state index contributed by atoms with van der Waals surface area (Å²) in [5.74, 6) is -0.433. The molecule has 2 heterocycles. The highest BCUT2D eigenvalue weighted by Crippen LogP contribution is 2.46. The molecule has 1 spiro atoms. The third-order valence-corrected chi connectivity index (χ3v) is 6.96. The number of anilines is 1. The number of carbonyl (C=O) groups is 3. The lowest BCUT2D eigenvalue weighted by Gasteiger charge is -2.43. The van der Waals surface area contributed by atoms with E-state index >= 15 is 0 Å². The molecule has 1 N–H and O–H groups in total. The third kappa shape index (κ3) is 4.45. The van der Waals surface area contributed by atoms with E-state index in [-0.39, 0.29) is 29.6 Å². The van der Waals surface area contributed by atoms with E-state index in [4.69, 9.17) is 0 Å². The highest BCUT2D eigenvalue weighted by Gasteiger charge is 2.56. The monoisotopic (exact) mass is 444 g/mol. The average Bonchev–Trinajstić information content (AvgIpc) is 2.88. The Morgan fingerprint density at radius 2 is 1.81 bits per heavy atom. The molecule has 1 aromatic rings. The van der Waals surface area contributed by atoms with Gasteiger partial charge in [-0.1, -0.05) is 20.8 Å². The van der Waals surface area contributed by atoms with Crippen LogP contribution in [0.3, 0.4) is 0 Å². The Hall–Kier alpha value is -2.64. The molecular formula is C24H33FN4O3. The van der Waals surface area contributed by atoms with Gasteiger partial charge in [-0.2, -0.15) is 0 Å². The minimum absolute atomic E-state index is 0.0464. The molecule has 2 aliphatic heterocycles. The van der Waals surface area contributed by atoms with Gasteiger partial charge in [0, 0.05) is 31.9 Å². The van der Waals surface area contributed by atoms with Crippen molar-refractivity contribution < 1.29 is 18.8 Å². The van der Waals surface area contributed by atoms with Gasteiger partial charge < -0.3 is 15.1 Å². The van der Waals surface area contributed by atoms with Crippen molar-refractivity contribution in [3.05, 3.63) is 30.1 Å². The van der Waals surface area contributed by atoms with Crippen molar-refractivity contribution in [3.8, 4) is 0 Å². The van der Waals surface area contributed by atoms with Gasteiger partial charge in [0.05, 0.1) is 0 Å². The molecular weight excluding hydrogens is 411 g/mol. The Balaban J connectivity index is 1.40. The van der Waals surface area contributed by atoms with Crippen LogP contribution in [-0.4, -0.2) is 65.9 Å². The van der Waals surface area contributed by atoms with Gasteiger partial charge in [-0.3, -0.25) is 14.5 Å². The van der Waals surface area contributed by atoms with E-state index < -0.39 is 11.6 Å². The SMILES string of the molecule is CC1CC(C)(C)CC2(C1)NC(=O)N(CC(=O)N1CCCN(c3ccc(F)cc3)CC1)C2=O. The molecule has 2 saturated heterocycles. The molecule has 4 amide bonds. The normalized spacial score (nSPS) is 28.1.